The zero-order valence-corrected chi connectivity index (χ0v) is 10.4. The molecule has 0 heterocycles. The number of carbonyl (C=O) groups is 1. The summed E-state index contributed by atoms with van der Waals surface area (Å²) in [6.07, 6.45) is 1.89. The van der Waals surface area contributed by atoms with Crippen molar-refractivity contribution in [2.45, 2.75) is 19.8 Å². The molecule has 0 rings (SSSR count). The van der Waals surface area contributed by atoms with Crippen molar-refractivity contribution in [1.29, 1.82) is 0 Å². The van der Waals surface area contributed by atoms with E-state index in [9.17, 15) is 4.79 Å². The molecule has 0 fully saturated rings. The molecule has 12 heavy (non-hydrogen) atoms. The molecule has 4 heteroatoms. The van der Waals surface area contributed by atoms with Crippen molar-refractivity contribution in [2.24, 2.45) is 5.92 Å². The fraction of sp³-hybridized carbons (Fsp3) is 0.875. The van der Waals surface area contributed by atoms with Gasteiger partial charge in [-0.05, 0) is 19.8 Å². The normalized spacial score (nSPS) is 12.6. The molecular formula is C8H14Br2O2. The summed E-state index contributed by atoms with van der Waals surface area (Å²) in [5, 5.41) is 1.63. The summed E-state index contributed by atoms with van der Waals surface area (Å²) < 4.78 is 4.91. The van der Waals surface area contributed by atoms with Crippen molar-refractivity contribution >= 4 is 37.8 Å². The van der Waals surface area contributed by atoms with Gasteiger partial charge in [0.05, 0.1) is 12.5 Å². The van der Waals surface area contributed by atoms with Gasteiger partial charge in [-0.25, -0.2) is 0 Å². The Kier molecular flexibility index (Phi) is 8.34. The lowest BCUT2D eigenvalue weighted by molar-refractivity contribution is -0.147. The van der Waals surface area contributed by atoms with Crippen LogP contribution >= 0.6 is 31.9 Å². The van der Waals surface area contributed by atoms with E-state index in [1.54, 1.807) is 0 Å². The molecule has 72 valence electrons. The molecule has 0 bridgehead atoms. The van der Waals surface area contributed by atoms with Crippen molar-refractivity contribution in [2.75, 3.05) is 17.3 Å². The first kappa shape index (κ1) is 12.4. The summed E-state index contributed by atoms with van der Waals surface area (Å²) in [4.78, 5) is 11.2. The molecule has 0 saturated heterocycles. The second kappa shape index (κ2) is 8.05. The number of alkyl halides is 2. The van der Waals surface area contributed by atoms with Gasteiger partial charge in [0, 0.05) is 10.7 Å². The van der Waals surface area contributed by atoms with Gasteiger partial charge in [0.2, 0.25) is 0 Å². The number of carbonyl (C=O) groups excluding carboxylic acids is 1. The Hall–Kier alpha value is 0.430. The molecule has 2 nitrogen and oxygen atoms in total. The van der Waals surface area contributed by atoms with Crippen molar-refractivity contribution in [3.05, 3.63) is 0 Å². The highest BCUT2D eigenvalue weighted by Gasteiger charge is 2.17. The molecular weight excluding hydrogens is 288 g/mol. The Morgan fingerprint density at radius 1 is 1.50 bits per heavy atom. The van der Waals surface area contributed by atoms with E-state index in [4.69, 9.17) is 4.74 Å². The summed E-state index contributed by atoms with van der Waals surface area (Å²) in [6, 6.07) is 0. The van der Waals surface area contributed by atoms with Crippen LogP contribution in [0.4, 0.5) is 0 Å². The zero-order chi connectivity index (χ0) is 9.40. The van der Waals surface area contributed by atoms with Crippen molar-refractivity contribution in [3.63, 3.8) is 0 Å². The molecule has 0 aromatic carbocycles. The molecule has 0 aromatic rings. The van der Waals surface area contributed by atoms with E-state index in [0.717, 1.165) is 18.2 Å². The van der Waals surface area contributed by atoms with Crippen LogP contribution in [-0.4, -0.2) is 23.2 Å². The van der Waals surface area contributed by atoms with E-state index in [0.29, 0.717) is 11.9 Å². The molecule has 1 atom stereocenters. The van der Waals surface area contributed by atoms with Gasteiger partial charge in [-0.15, -0.1) is 0 Å². The van der Waals surface area contributed by atoms with Gasteiger partial charge in [0.1, 0.15) is 0 Å². The van der Waals surface area contributed by atoms with Crippen LogP contribution in [0.15, 0.2) is 0 Å². The van der Waals surface area contributed by atoms with Crippen LogP contribution in [0.25, 0.3) is 0 Å². The fourth-order valence-electron chi connectivity index (χ4n) is 0.842. The second-order valence-corrected chi connectivity index (χ2v) is 3.87. The van der Waals surface area contributed by atoms with Crippen molar-refractivity contribution in [3.8, 4) is 0 Å². The molecule has 0 aliphatic rings. The topological polar surface area (TPSA) is 26.3 Å². The van der Waals surface area contributed by atoms with Crippen LogP contribution in [0.3, 0.4) is 0 Å². The lowest BCUT2D eigenvalue weighted by Crippen LogP contribution is -2.19. The average Bonchev–Trinajstić information content (AvgIpc) is 2.06. The number of ether oxygens (including phenoxy) is 1. The predicted octanol–water partition coefficient (Wildman–Crippen LogP) is 2.74. The van der Waals surface area contributed by atoms with E-state index in [1.807, 2.05) is 6.92 Å². The average molecular weight is 302 g/mol. The lowest BCUT2D eigenvalue weighted by Gasteiger charge is -2.11. The second-order valence-electron chi connectivity index (χ2n) is 2.43. The number of esters is 1. The minimum Gasteiger partial charge on any atom is -0.466 e. The first-order chi connectivity index (χ1) is 5.76. The van der Waals surface area contributed by atoms with Crippen molar-refractivity contribution < 1.29 is 9.53 Å². The van der Waals surface area contributed by atoms with Crippen LogP contribution in [0, 0.1) is 5.92 Å². The summed E-state index contributed by atoms with van der Waals surface area (Å²) in [6.45, 7) is 2.30. The van der Waals surface area contributed by atoms with E-state index in [1.165, 1.54) is 0 Å². The quantitative estimate of drug-likeness (QED) is 0.557. The van der Waals surface area contributed by atoms with Gasteiger partial charge >= 0.3 is 5.97 Å². The van der Waals surface area contributed by atoms with E-state index >= 15 is 0 Å². The Morgan fingerprint density at radius 3 is 2.58 bits per heavy atom. The molecule has 0 N–H and O–H groups in total. The summed E-state index contributed by atoms with van der Waals surface area (Å²) >= 11 is 6.63. The maximum absolute atomic E-state index is 11.2. The molecule has 0 spiro atoms. The van der Waals surface area contributed by atoms with Gasteiger partial charge < -0.3 is 4.74 Å². The van der Waals surface area contributed by atoms with Crippen LogP contribution < -0.4 is 0 Å². The van der Waals surface area contributed by atoms with Gasteiger partial charge in [-0.2, -0.15) is 0 Å². The highest BCUT2D eigenvalue weighted by molar-refractivity contribution is 9.09. The van der Waals surface area contributed by atoms with Crippen molar-refractivity contribution in [1.82, 2.24) is 0 Å². The van der Waals surface area contributed by atoms with Crippen LogP contribution in [-0.2, 0) is 9.53 Å². The molecule has 0 aromatic heterocycles. The maximum Gasteiger partial charge on any atom is 0.309 e. The standard InChI is InChI=1S/C8H14Br2O2/c1-2-12-8(11)7(6-10)4-3-5-9/h7H,2-6H2,1H3. The lowest BCUT2D eigenvalue weighted by atomic mass is 10.1. The van der Waals surface area contributed by atoms with Gasteiger partial charge in [-0.3, -0.25) is 4.79 Å². The van der Waals surface area contributed by atoms with Gasteiger partial charge in [-0.1, -0.05) is 31.9 Å². The molecule has 0 aliphatic carbocycles. The largest absolute Gasteiger partial charge is 0.466 e. The van der Waals surface area contributed by atoms with Crippen LogP contribution in [0.2, 0.25) is 0 Å². The number of halogens is 2. The zero-order valence-electron chi connectivity index (χ0n) is 7.19. The Morgan fingerprint density at radius 2 is 2.17 bits per heavy atom. The maximum atomic E-state index is 11.2. The third kappa shape index (κ3) is 5.14. The minimum atomic E-state index is -0.0877. The summed E-state index contributed by atoms with van der Waals surface area (Å²) in [5.41, 5.74) is 0. The third-order valence-electron chi connectivity index (χ3n) is 1.49. The van der Waals surface area contributed by atoms with E-state index < -0.39 is 0 Å². The number of hydrogen-bond donors (Lipinski definition) is 0. The molecule has 0 saturated carbocycles. The minimum absolute atomic E-state index is 0.0162. The van der Waals surface area contributed by atoms with Gasteiger partial charge in [0.25, 0.3) is 0 Å². The monoisotopic (exact) mass is 300 g/mol. The highest BCUT2D eigenvalue weighted by atomic mass is 79.9. The Bertz CT molecular complexity index is 128. The number of hydrogen-bond acceptors (Lipinski definition) is 2. The first-order valence-electron chi connectivity index (χ1n) is 4.04. The Labute approximate surface area is 90.3 Å². The molecule has 0 radical (unpaired) electrons. The van der Waals surface area contributed by atoms with E-state index in [2.05, 4.69) is 31.9 Å². The van der Waals surface area contributed by atoms with Crippen LogP contribution in [0.1, 0.15) is 19.8 Å². The third-order valence-corrected chi connectivity index (χ3v) is 2.83. The number of rotatable bonds is 6. The predicted molar refractivity (Wildman–Crippen MR) is 56.9 cm³/mol. The van der Waals surface area contributed by atoms with Gasteiger partial charge in [0.15, 0.2) is 0 Å². The van der Waals surface area contributed by atoms with Crippen LogP contribution in [0.5, 0.6) is 0 Å². The molecule has 1 unspecified atom stereocenters. The highest BCUT2D eigenvalue weighted by Crippen LogP contribution is 2.12. The molecule has 0 amide bonds. The smallest absolute Gasteiger partial charge is 0.309 e. The Balaban J connectivity index is 3.71. The first-order valence-corrected chi connectivity index (χ1v) is 6.29. The van der Waals surface area contributed by atoms with E-state index in [-0.39, 0.29) is 11.9 Å². The summed E-state index contributed by atoms with van der Waals surface area (Å²) in [5.74, 6) is -0.0715. The summed E-state index contributed by atoms with van der Waals surface area (Å²) in [7, 11) is 0. The fourth-order valence-corrected chi connectivity index (χ4v) is 1.75. The molecule has 0 aliphatic heterocycles. The SMILES string of the molecule is CCOC(=O)C(CBr)CCCBr.